The van der Waals surface area contributed by atoms with Gasteiger partial charge in [0.05, 0.1) is 112 Å². The van der Waals surface area contributed by atoms with Crippen molar-refractivity contribution in [1.82, 2.24) is 30.1 Å². The van der Waals surface area contributed by atoms with Crippen LogP contribution < -0.4 is 21.7 Å². The summed E-state index contributed by atoms with van der Waals surface area (Å²) >= 11 is 38.4. The number of nitrogens with one attached hydrogen (secondary N) is 3. The molecule has 6 aromatic carbocycles. The highest BCUT2D eigenvalue weighted by Gasteiger charge is 2.43. The monoisotopic (exact) mass is 2130 g/mol. The zero-order valence-electron chi connectivity index (χ0n) is 79.7. The first-order valence-corrected chi connectivity index (χ1v) is 48.3. The van der Waals surface area contributed by atoms with Crippen molar-refractivity contribution < 1.29 is 149 Å². The molecule has 46 heteroatoms. The fourth-order valence-corrected chi connectivity index (χ4v) is 16.7. The van der Waals surface area contributed by atoms with Gasteiger partial charge in [0.15, 0.2) is 24.1 Å². The van der Waals surface area contributed by atoms with Crippen LogP contribution in [0.1, 0.15) is 145 Å². The maximum atomic E-state index is 12.7. The number of anilines is 2. The summed E-state index contributed by atoms with van der Waals surface area (Å²) in [5.74, 6) is -10.6. The second-order valence-electron chi connectivity index (χ2n) is 33.1. The molecule has 0 aliphatic carbocycles. The van der Waals surface area contributed by atoms with E-state index in [-0.39, 0.29) is 104 Å². The molecule has 0 radical (unpaired) electrons. The third-order valence-corrected chi connectivity index (χ3v) is 23.6. The van der Waals surface area contributed by atoms with Gasteiger partial charge in [0.1, 0.15) is 11.9 Å². The molecule has 5 aliphatic rings. The Balaban J connectivity index is 0.000000260. The van der Waals surface area contributed by atoms with Crippen LogP contribution in [0, 0.1) is 0 Å². The molecule has 37 nitrogen and oxygen atoms in total. The first kappa shape index (κ1) is 121. The molecule has 0 bridgehead atoms. The van der Waals surface area contributed by atoms with Crippen molar-refractivity contribution in [3.05, 3.63) is 195 Å². The number of aliphatic hydroxyl groups is 4. The first-order chi connectivity index (χ1) is 68.2. The Morgan fingerprint density at radius 1 is 0.434 bits per heavy atom. The molecule has 7 amide bonds. The number of ketones is 2. The number of carboxylic acid groups (broad SMARTS) is 1. The molecule has 2 saturated heterocycles. The van der Waals surface area contributed by atoms with Gasteiger partial charge in [0.2, 0.25) is 11.8 Å². The third kappa shape index (κ3) is 41.5. The number of nitrogens with two attached hydrogens (primary N) is 1. The quantitative estimate of drug-likeness (QED) is 0.0127. The molecule has 6 aromatic rings. The molecule has 7 atom stereocenters. The van der Waals surface area contributed by atoms with Gasteiger partial charge in [-0.3, -0.25) is 43.2 Å². The second kappa shape index (κ2) is 63.2. The number of hydrogen-bond acceptors (Lipinski definition) is 31. The summed E-state index contributed by atoms with van der Waals surface area (Å²) in [6.45, 7) is 16.7. The molecule has 143 heavy (non-hydrogen) atoms. The third-order valence-electron chi connectivity index (χ3n) is 21.9. The number of aliphatic carboxylic acids is 1. The number of Topliss-reactive ketones (excluding diaryl/α,β-unsaturated/α-hetero) is 2. The highest BCUT2D eigenvalue weighted by atomic mass is 35.5. The summed E-state index contributed by atoms with van der Waals surface area (Å²) in [5, 5.41) is 58.5. The van der Waals surface area contributed by atoms with Crippen LogP contribution in [0.25, 0.3) is 0 Å². The fraction of sp³-hybridized carbons (Fsp3) is 0.505. The molecular formula is C97H122Cl6F3N9O28. The topological polar surface area (TPSA) is 486 Å². The fourth-order valence-electron chi connectivity index (χ4n) is 15.0. The SMILES string of the molecule is CCOCCCC(=O)[C@H](O)[C@@H](O)C(=O)NCCOCCOCCOCCC(=O)Cc1cccc(C2CN(C)Cc3c(Cl)cc(Cl)cc32)c1.CCOCCOCCC(=O)Nc1cccc(C2CN(C)Cc3c(Cl)cc(Cl)cc32)c1.CN1Cc2c(Cl)cc(Cl)cc2C(c2cccc(NC(=O)CCOCCOCCOCCN)c2)C1.O=C(O)C(F)(F)F.O=C(ON1C(=O)CCC1=O)[C@H](O)[C@@H](O)C(=O)ON1C(=O)CCC1=O. The number of carbonyl (C=O) groups excluding carboxylic acids is 11. The number of nitrogens with zero attached hydrogens (tertiary/aromatic N) is 5. The summed E-state index contributed by atoms with van der Waals surface area (Å²) < 4.78 is 80.0. The van der Waals surface area contributed by atoms with Crippen LogP contribution >= 0.6 is 69.6 Å². The van der Waals surface area contributed by atoms with E-state index in [0.717, 1.165) is 106 Å². The number of benzene rings is 6. The number of rotatable bonds is 50. The highest BCUT2D eigenvalue weighted by molar-refractivity contribution is 6.36. The molecule has 3 unspecified atom stereocenters. The van der Waals surface area contributed by atoms with E-state index in [4.69, 9.17) is 128 Å². The van der Waals surface area contributed by atoms with Gasteiger partial charge in [-0.1, -0.05) is 118 Å². The first-order valence-electron chi connectivity index (χ1n) is 46.0. The Morgan fingerprint density at radius 2 is 0.776 bits per heavy atom. The molecule has 0 spiro atoms. The number of likely N-dealkylation sites (N-methyl/N-ethyl adjacent to an activating group) is 3. The highest BCUT2D eigenvalue weighted by Crippen LogP contribution is 2.43. The summed E-state index contributed by atoms with van der Waals surface area (Å²) in [6, 6.07) is 35.4. The molecule has 11 rings (SSSR count). The number of fused-ring (bicyclic) bond motifs is 3. The van der Waals surface area contributed by atoms with E-state index >= 15 is 0 Å². The van der Waals surface area contributed by atoms with Crippen molar-refractivity contribution in [2.45, 2.75) is 146 Å². The number of amides is 7. The number of hydrogen-bond donors (Lipinski definition) is 9. The lowest BCUT2D eigenvalue weighted by atomic mass is 9.84. The van der Waals surface area contributed by atoms with Crippen LogP contribution in [0.15, 0.2) is 109 Å². The van der Waals surface area contributed by atoms with E-state index in [1.54, 1.807) is 18.2 Å². The maximum Gasteiger partial charge on any atom is 0.490 e. The number of ether oxygens (including phenoxy) is 9. The average Bonchev–Trinajstić information content (AvgIpc) is 1.43. The maximum absolute atomic E-state index is 12.7. The van der Waals surface area contributed by atoms with E-state index in [2.05, 4.69) is 85.7 Å². The summed E-state index contributed by atoms with van der Waals surface area (Å²) in [6.07, 6.45) is -12.9. The molecule has 0 aromatic heterocycles. The molecule has 5 heterocycles. The summed E-state index contributed by atoms with van der Waals surface area (Å²) in [5.41, 5.74) is 17.9. The van der Waals surface area contributed by atoms with Crippen LogP contribution in [0.4, 0.5) is 24.5 Å². The lowest BCUT2D eigenvalue weighted by molar-refractivity contribution is -0.216. The molecule has 10 N–H and O–H groups in total. The Kier molecular flexibility index (Phi) is 53.3. The van der Waals surface area contributed by atoms with Gasteiger partial charge < -0.3 is 114 Å². The van der Waals surface area contributed by atoms with E-state index in [1.807, 2.05) is 80.6 Å². The minimum absolute atomic E-state index is 0.00965. The van der Waals surface area contributed by atoms with Gasteiger partial charge in [0, 0.05) is 176 Å². The largest absolute Gasteiger partial charge is 0.490 e. The van der Waals surface area contributed by atoms with Crippen molar-refractivity contribution >= 4 is 152 Å². The van der Waals surface area contributed by atoms with E-state index in [1.165, 1.54) is 0 Å². The van der Waals surface area contributed by atoms with Crippen molar-refractivity contribution in [3.8, 4) is 0 Å². The van der Waals surface area contributed by atoms with Gasteiger partial charge in [-0.2, -0.15) is 13.2 Å². The summed E-state index contributed by atoms with van der Waals surface area (Å²) in [7, 11) is 6.23. The minimum Gasteiger partial charge on any atom is -0.475 e. The average molecular weight is 2130 g/mol. The van der Waals surface area contributed by atoms with Gasteiger partial charge in [0.25, 0.3) is 29.5 Å². The van der Waals surface area contributed by atoms with E-state index < -0.39 is 83.8 Å². The van der Waals surface area contributed by atoms with Crippen molar-refractivity contribution in [2.75, 3.05) is 183 Å². The lowest BCUT2D eigenvalue weighted by Gasteiger charge is -2.33. The molecule has 5 aliphatic heterocycles. The normalized spacial score (nSPS) is 16.5. The van der Waals surface area contributed by atoms with Crippen LogP contribution in [0.5, 0.6) is 0 Å². The number of alkyl halides is 3. The molecule has 0 saturated carbocycles. The van der Waals surface area contributed by atoms with E-state index in [9.17, 15) is 86.3 Å². The standard InChI is InChI=1S/C35H48Cl2N2O9.C25H33Cl2N3O4.C23H28Cl2N2O3.C12H12N2O10.C2HF3O2/c1-3-45-11-5-8-32(41)33(42)34(43)35(44)38-10-13-47-15-17-48-16-14-46-12-9-27(40)19-24-6-4-7-25(18-24)29-22-39(2)23-30-28(29)20-26(36)21-31(30)37;1-30-16-22(21-14-19(26)15-24(27)23(21)17-30)18-3-2-4-20(13-18)29-25(31)5-7-32-9-11-34-12-10-33-8-6-28;1-3-29-9-10-30-8-7-23(28)26-18-6-4-5-16(11-18)20-14-27(2)15-21-19(20)12-17(24)13-22(21)25;15-5-1-2-6(16)13(5)23-11(21)9(19)10(20)12(22)24-14-7(17)3-4-8(14)18;3-2(4,5)1(6)7/h4,6-7,18,20-21,29,33-34,42-43H,3,5,8-17,19,22-23H2,1-2H3,(H,38,44);2-4,13-15,22H,5-12,16-17,28H2,1H3,(H,29,31);4-6,11-13,20H,3,7-10,14-15H2,1-2H3,(H,26,28);9-10,19-20H,1-4H2;(H,6,7)/t29?,33-,34+;;;9-,10-;/m0..1./s1. The van der Waals surface area contributed by atoms with Gasteiger partial charge >= 0.3 is 24.1 Å². The predicted octanol–water partition coefficient (Wildman–Crippen LogP) is 9.76. The Hall–Kier alpha value is -9.39. The zero-order valence-corrected chi connectivity index (χ0v) is 84.3. The number of halogens is 9. The Bertz CT molecular complexity index is 5130. The van der Waals surface area contributed by atoms with Crippen LogP contribution in [0.2, 0.25) is 30.1 Å². The summed E-state index contributed by atoms with van der Waals surface area (Å²) in [4.78, 5) is 154. The van der Waals surface area contributed by atoms with Gasteiger partial charge in [-0.15, -0.1) is 10.1 Å². The molecular weight excluding hydrogens is 2010 g/mol. The smallest absolute Gasteiger partial charge is 0.475 e. The van der Waals surface area contributed by atoms with Gasteiger partial charge in [-0.05, 0) is 158 Å². The lowest BCUT2D eigenvalue weighted by Crippen LogP contribution is -2.47. The zero-order chi connectivity index (χ0) is 105. The molecule has 2 fully saturated rings. The van der Waals surface area contributed by atoms with Crippen LogP contribution in [0.3, 0.4) is 0 Å². The van der Waals surface area contributed by atoms with Crippen molar-refractivity contribution in [3.63, 3.8) is 0 Å². The van der Waals surface area contributed by atoms with Crippen molar-refractivity contribution in [1.29, 1.82) is 0 Å². The van der Waals surface area contributed by atoms with Crippen LogP contribution in [-0.2, 0) is 136 Å². The number of aliphatic hydroxyl groups excluding tert-OH is 4. The van der Waals surface area contributed by atoms with Crippen molar-refractivity contribution in [2.24, 2.45) is 5.73 Å². The predicted molar refractivity (Wildman–Crippen MR) is 520 cm³/mol. The van der Waals surface area contributed by atoms with Gasteiger partial charge in [-0.25, -0.2) is 14.4 Å². The Labute approximate surface area is 855 Å². The number of carbonyl (C=O) groups is 12. The number of hydroxylamine groups is 4. The number of carboxylic acids is 1. The number of imide groups is 2. The minimum atomic E-state index is -5.08. The molecule has 786 valence electrons. The van der Waals surface area contributed by atoms with E-state index in [0.29, 0.717) is 168 Å². The second-order valence-corrected chi connectivity index (χ2v) is 35.6. The van der Waals surface area contributed by atoms with Crippen LogP contribution in [-0.4, -0.2) is 325 Å². The Morgan fingerprint density at radius 3 is 1.15 bits per heavy atom.